The van der Waals surface area contributed by atoms with E-state index in [2.05, 4.69) is 17.2 Å². The lowest BCUT2D eigenvalue weighted by atomic mass is 10.3. The quantitative estimate of drug-likeness (QED) is 0.695. The fourth-order valence-electron chi connectivity index (χ4n) is 1.58. The van der Waals surface area contributed by atoms with Crippen LogP contribution in [0.25, 0.3) is 0 Å². The standard InChI is InChI=1S/C14H17N3O4/c1-3-8-17(9-13(19)20)14(21)16-12-6-4-11(5-7-12)15-10(2)18/h3-7H,1,8-9H2,2H3,(H,15,18)(H,16,21)(H,19,20). The van der Waals surface area contributed by atoms with Gasteiger partial charge in [-0.15, -0.1) is 6.58 Å². The maximum atomic E-state index is 11.9. The van der Waals surface area contributed by atoms with Crippen LogP contribution >= 0.6 is 0 Å². The number of carboxylic acid groups (broad SMARTS) is 1. The summed E-state index contributed by atoms with van der Waals surface area (Å²) in [4.78, 5) is 34.6. The zero-order valence-electron chi connectivity index (χ0n) is 11.6. The van der Waals surface area contributed by atoms with E-state index in [9.17, 15) is 14.4 Å². The van der Waals surface area contributed by atoms with E-state index in [4.69, 9.17) is 5.11 Å². The predicted octanol–water partition coefficient (Wildman–Crippen LogP) is 1.75. The van der Waals surface area contributed by atoms with Crippen molar-refractivity contribution in [2.45, 2.75) is 6.92 Å². The summed E-state index contributed by atoms with van der Waals surface area (Å²) in [7, 11) is 0. The molecule has 1 aromatic rings. The Morgan fingerprint density at radius 3 is 2.14 bits per heavy atom. The Bertz CT molecular complexity index is 540. The van der Waals surface area contributed by atoms with Crippen LogP contribution in [0.4, 0.5) is 16.2 Å². The minimum Gasteiger partial charge on any atom is -0.480 e. The van der Waals surface area contributed by atoms with Crippen LogP contribution in [0, 0.1) is 0 Å². The maximum absolute atomic E-state index is 11.9. The molecular formula is C14H17N3O4. The van der Waals surface area contributed by atoms with Crippen LogP contribution in [0.3, 0.4) is 0 Å². The Morgan fingerprint density at radius 2 is 1.71 bits per heavy atom. The van der Waals surface area contributed by atoms with Gasteiger partial charge in [-0.3, -0.25) is 9.59 Å². The first kappa shape index (κ1) is 16.2. The van der Waals surface area contributed by atoms with Crippen LogP contribution in [0.1, 0.15) is 6.92 Å². The molecule has 0 spiro atoms. The van der Waals surface area contributed by atoms with Crippen LogP contribution in [0.2, 0.25) is 0 Å². The number of benzene rings is 1. The number of amides is 3. The number of nitrogens with one attached hydrogen (secondary N) is 2. The van der Waals surface area contributed by atoms with E-state index in [1.54, 1.807) is 24.3 Å². The summed E-state index contributed by atoms with van der Waals surface area (Å²) < 4.78 is 0. The number of nitrogens with zero attached hydrogens (tertiary/aromatic N) is 1. The van der Waals surface area contributed by atoms with E-state index >= 15 is 0 Å². The highest BCUT2D eigenvalue weighted by atomic mass is 16.4. The molecule has 0 heterocycles. The Labute approximate surface area is 122 Å². The van der Waals surface area contributed by atoms with E-state index in [0.717, 1.165) is 4.90 Å². The van der Waals surface area contributed by atoms with Crippen molar-refractivity contribution in [3.05, 3.63) is 36.9 Å². The SMILES string of the molecule is C=CCN(CC(=O)O)C(=O)Nc1ccc(NC(C)=O)cc1. The number of carboxylic acids is 1. The number of carbonyl (C=O) groups excluding carboxylic acids is 2. The lowest BCUT2D eigenvalue weighted by molar-refractivity contribution is -0.137. The van der Waals surface area contributed by atoms with Gasteiger partial charge in [-0.2, -0.15) is 0 Å². The van der Waals surface area contributed by atoms with Crippen LogP contribution < -0.4 is 10.6 Å². The summed E-state index contributed by atoms with van der Waals surface area (Å²) >= 11 is 0. The normalized spacial score (nSPS) is 9.57. The van der Waals surface area contributed by atoms with Crippen molar-refractivity contribution in [1.29, 1.82) is 0 Å². The molecule has 7 nitrogen and oxygen atoms in total. The van der Waals surface area contributed by atoms with Crippen LogP contribution in [0.5, 0.6) is 0 Å². The third kappa shape index (κ3) is 5.77. The first-order chi connectivity index (χ1) is 9.92. The second-order valence-electron chi connectivity index (χ2n) is 4.25. The molecule has 0 atom stereocenters. The Balaban J connectivity index is 2.69. The summed E-state index contributed by atoms with van der Waals surface area (Å²) in [5, 5.41) is 13.9. The van der Waals surface area contributed by atoms with Crippen molar-refractivity contribution in [3.8, 4) is 0 Å². The number of urea groups is 1. The molecule has 0 saturated carbocycles. The van der Waals surface area contributed by atoms with E-state index < -0.39 is 18.5 Å². The molecule has 21 heavy (non-hydrogen) atoms. The molecule has 0 aromatic heterocycles. The van der Waals surface area contributed by atoms with Crippen molar-refractivity contribution in [3.63, 3.8) is 0 Å². The van der Waals surface area contributed by atoms with Gasteiger partial charge in [0.15, 0.2) is 0 Å². The number of rotatable bonds is 6. The van der Waals surface area contributed by atoms with E-state index in [1.807, 2.05) is 0 Å². The maximum Gasteiger partial charge on any atom is 0.323 e. The highest BCUT2D eigenvalue weighted by Gasteiger charge is 2.15. The number of carbonyl (C=O) groups is 3. The average Bonchev–Trinajstić information content (AvgIpc) is 2.39. The smallest absolute Gasteiger partial charge is 0.323 e. The Morgan fingerprint density at radius 1 is 1.19 bits per heavy atom. The predicted molar refractivity (Wildman–Crippen MR) is 79.2 cm³/mol. The fourth-order valence-corrected chi connectivity index (χ4v) is 1.58. The van der Waals surface area contributed by atoms with E-state index in [1.165, 1.54) is 13.0 Å². The van der Waals surface area contributed by atoms with Gasteiger partial charge < -0.3 is 20.6 Å². The summed E-state index contributed by atoms with van der Waals surface area (Å²) in [5.41, 5.74) is 1.10. The third-order valence-corrected chi connectivity index (χ3v) is 2.42. The number of anilines is 2. The van der Waals surface area contributed by atoms with Crippen molar-refractivity contribution in [1.82, 2.24) is 4.90 Å². The molecule has 112 valence electrons. The first-order valence-electron chi connectivity index (χ1n) is 6.18. The van der Waals surface area contributed by atoms with Gasteiger partial charge in [0.1, 0.15) is 6.54 Å². The van der Waals surface area contributed by atoms with Crippen molar-refractivity contribution in [2.24, 2.45) is 0 Å². The lowest BCUT2D eigenvalue weighted by Crippen LogP contribution is -2.38. The molecule has 0 aliphatic rings. The molecule has 1 aromatic carbocycles. The molecule has 3 N–H and O–H groups in total. The summed E-state index contributed by atoms with van der Waals surface area (Å²) in [6.07, 6.45) is 1.45. The van der Waals surface area contributed by atoms with Gasteiger partial charge in [0.05, 0.1) is 0 Å². The lowest BCUT2D eigenvalue weighted by Gasteiger charge is -2.19. The molecule has 0 radical (unpaired) electrons. The summed E-state index contributed by atoms with van der Waals surface area (Å²) in [5.74, 6) is -1.29. The van der Waals surface area contributed by atoms with Gasteiger partial charge in [-0.25, -0.2) is 4.79 Å². The van der Waals surface area contributed by atoms with Crippen molar-refractivity contribution in [2.75, 3.05) is 23.7 Å². The molecule has 0 unspecified atom stereocenters. The molecule has 0 saturated heterocycles. The van der Waals surface area contributed by atoms with Gasteiger partial charge in [-0.05, 0) is 24.3 Å². The monoisotopic (exact) mass is 291 g/mol. The second kappa shape index (κ2) is 7.68. The third-order valence-electron chi connectivity index (χ3n) is 2.42. The topological polar surface area (TPSA) is 98.7 Å². The molecule has 0 fully saturated rings. The zero-order chi connectivity index (χ0) is 15.8. The molecule has 0 aliphatic heterocycles. The van der Waals surface area contributed by atoms with Crippen LogP contribution in [0.15, 0.2) is 36.9 Å². The average molecular weight is 291 g/mol. The fraction of sp³-hybridized carbons (Fsp3) is 0.214. The zero-order valence-corrected chi connectivity index (χ0v) is 11.6. The molecule has 0 aliphatic carbocycles. The van der Waals surface area contributed by atoms with Gasteiger partial charge >= 0.3 is 12.0 Å². The summed E-state index contributed by atoms with van der Waals surface area (Å²) in [6, 6.07) is 5.94. The van der Waals surface area contributed by atoms with Gasteiger partial charge in [0.2, 0.25) is 5.91 Å². The van der Waals surface area contributed by atoms with Gasteiger partial charge in [0, 0.05) is 24.8 Å². The molecule has 7 heteroatoms. The van der Waals surface area contributed by atoms with Crippen molar-refractivity contribution >= 4 is 29.3 Å². The van der Waals surface area contributed by atoms with Gasteiger partial charge in [-0.1, -0.05) is 6.08 Å². The minimum atomic E-state index is -1.10. The van der Waals surface area contributed by atoms with Crippen molar-refractivity contribution < 1.29 is 19.5 Å². The summed E-state index contributed by atoms with van der Waals surface area (Å²) in [6.45, 7) is 4.59. The largest absolute Gasteiger partial charge is 0.480 e. The Hall–Kier alpha value is -2.83. The minimum absolute atomic E-state index is 0.127. The molecule has 1 rings (SSSR count). The van der Waals surface area contributed by atoms with Crippen LogP contribution in [-0.2, 0) is 9.59 Å². The number of hydrogen-bond acceptors (Lipinski definition) is 3. The molecule has 3 amide bonds. The first-order valence-corrected chi connectivity index (χ1v) is 6.18. The highest BCUT2D eigenvalue weighted by molar-refractivity contribution is 5.92. The van der Waals surface area contributed by atoms with Crippen LogP contribution in [-0.4, -0.2) is 41.0 Å². The molecular weight excluding hydrogens is 274 g/mol. The van der Waals surface area contributed by atoms with E-state index in [-0.39, 0.29) is 12.5 Å². The number of hydrogen-bond donors (Lipinski definition) is 3. The highest BCUT2D eigenvalue weighted by Crippen LogP contribution is 2.14. The molecule has 0 bridgehead atoms. The Kier molecular flexibility index (Phi) is 5.94. The second-order valence-corrected chi connectivity index (χ2v) is 4.25. The number of aliphatic carboxylic acids is 1. The van der Waals surface area contributed by atoms with Gasteiger partial charge in [0.25, 0.3) is 0 Å². The van der Waals surface area contributed by atoms with E-state index in [0.29, 0.717) is 11.4 Å².